The first kappa shape index (κ1) is 33.1. The number of hydrogen-bond donors (Lipinski definition) is 0. The number of benzene rings is 2. The largest absolute Gasteiger partial charge is 0.479 e. The van der Waals surface area contributed by atoms with Gasteiger partial charge in [0.2, 0.25) is 0 Å². The molecule has 4 aromatic heterocycles. The summed E-state index contributed by atoms with van der Waals surface area (Å²) in [6.07, 6.45) is 7.51. The van der Waals surface area contributed by atoms with Crippen molar-refractivity contribution in [1.29, 1.82) is 21.0 Å². The average Bonchev–Trinajstić information content (AvgIpc) is 4.02. The number of hydrogen-bond acceptors (Lipinski definition) is 15. The van der Waals surface area contributed by atoms with E-state index in [0.29, 0.717) is 20.6 Å². The smallest absolute Gasteiger partial charge is 0.197 e. The van der Waals surface area contributed by atoms with Gasteiger partial charge in [-0.15, -0.1) is 45.3 Å². The number of thiophene rings is 2. The quantitative estimate of drug-likeness (QED) is 0.120. The van der Waals surface area contributed by atoms with Gasteiger partial charge < -0.3 is 4.74 Å². The highest BCUT2D eigenvalue weighted by Gasteiger charge is 2.47. The van der Waals surface area contributed by atoms with Crippen molar-refractivity contribution < 1.29 is 23.9 Å². The summed E-state index contributed by atoms with van der Waals surface area (Å²) in [6, 6.07) is 12.9. The molecule has 0 amide bonds. The standard InChI is InChI=1S/C40H16N6O5S4/c41-12-16-6-20-21(7-17(16)13-42)30(48)24(29(20)47)10-26-45-38-35(52-26)28-34(54-38)36-33(51-40(28)4-2-1-3-5-40)37-39(55-36)46-27(53-37)11-25-31(49)22-8-18(14-43)19(15-44)9-23(22)32(25)50/h6-11H,1-5H2. The van der Waals surface area contributed by atoms with Gasteiger partial charge >= 0.3 is 0 Å². The van der Waals surface area contributed by atoms with Crippen molar-refractivity contribution in [1.82, 2.24) is 9.97 Å². The van der Waals surface area contributed by atoms with Gasteiger partial charge in [0.1, 0.15) is 54.3 Å². The van der Waals surface area contributed by atoms with Crippen LogP contribution in [0.4, 0.5) is 0 Å². The zero-order valence-electron chi connectivity index (χ0n) is 27.9. The van der Waals surface area contributed by atoms with Crippen molar-refractivity contribution in [3.63, 3.8) is 0 Å². The number of nitrogens with zero attached hydrogens (tertiary/aromatic N) is 6. The van der Waals surface area contributed by atoms with Gasteiger partial charge in [-0.2, -0.15) is 21.0 Å². The third kappa shape index (κ3) is 4.59. The van der Waals surface area contributed by atoms with E-state index in [9.17, 15) is 40.2 Å². The van der Waals surface area contributed by atoms with E-state index in [2.05, 4.69) is 0 Å². The summed E-state index contributed by atoms with van der Waals surface area (Å²) in [4.78, 5) is 66.5. The maximum absolute atomic E-state index is 13.4. The molecule has 5 heterocycles. The lowest BCUT2D eigenvalue weighted by molar-refractivity contribution is 0.0282. The molecule has 0 N–H and O–H groups in total. The van der Waals surface area contributed by atoms with Crippen LogP contribution >= 0.6 is 45.3 Å². The molecule has 11 nitrogen and oxygen atoms in total. The van der Waals surface area contributed by atoms with E-state index in [1.54, 1.807) is 0 Å². The Morgan fingerprint density at radius 1 is 0.582 bits per heavy atom. The number of nitriles is 4. The van der Waals surface area contributed by atoms with E-state index in [1.807, 2.05) is 24.3 Å². The molecule has 4 aliphatic rings. The zero-order chi connectivity index (χ0) is 37.9. The van der Waals surface area contributed by atoms with Gasteiger partial charge in [-0.1, -0.05) is 6.42 Å². The molecule has 0 radical (unpaired) electrons. The molecule has 2 aromatic carbocycles. The summed E-state index contributed by atoms with van der Waals surface area (Å²) in [6.45, 7) is 0. The summed E-state index contributed by atoms with van der Waals surface area (Å²) in [5, 5.41) is 38.7. The highest BCUT2D eigenvalue weighted by atomic mass is 32.1. The molecule has 6 aromatic rings. The predicted octanol–water partition coefficient (Wildman–Crippen LogP) is 8.66. The summed E-state index contributed by atoms with van der Waals surface area (Å²) in [5.41, 5.74) is 0.817. The van der Waals surface area contributed by atoms with Gasteiger partial charge in [-0.3, -0.25) is 19.2 Å². The molecule has 1 saturated carbocycles. The van der Waals surface area contributed by atoms with Crippen LogP contribution in [-0.4, -0.2) is 33.1 Å². The lowest BCUT2D eigenvalue weighted by Gasteiger charge is -2.40. The van der Waals surface area contributed by atoms with Crippen LogP contribution in [0.2, 0.25) is 0 Å². The van der Waals surface area contributed by atoms with Crippen LogP contribution in [0.1, 0.15) is 111 Å². The fourth-order valence-corrected chi connectivity index (χ4v) is 12.9. The van der Waals surface area contributed by atoms with Gasteiger partial charge in [0.15, 0.2) is 28.9 Å². The van der Waals surface area contributed by atoms with Gasteiger partial charge in [-0.05, 0) is 62.1 Å². The summed E-state index contributed by atoms with van der Waals surface area (Å²) in [7, 11) is 0. The Morgan fingerprint density at radius 2 is 1.00 bits per heavy atom. The number of rotatable bonds is 2. The van der Waals surface area contributed by atoms with E-state index in [-0.39, 0.29) is 55.7 Å². The SMILES string of the molecule is N#Cc1cc2c(cc1C#N)C(=O)C(=Cc1nc3sc4c(c3s1)OC1(CCCCC1)c1c-4sc3nc(C=C4C(=O)c5cc(C#N)c(C#N)cc5C4=O)sc13)C2=O. The number of fused-ring (bicyclic) bond motifs is 10. The maximum atomic E-state index is 13.4. The number of Topliss-reactive ketones (excluding diaryl/α,β-unsaturated/α-hetero) is 4. The molecule has 0 unspecified atom stereocenters. The van der Waals surface area contributed by atoms with Crippen molar-refractivity contribution in [3.8, 4) is 39.8 Å². The molecule has 1 spiro atoms. The normalized spacial score (nSPS) is 16.3. The summed E-state index contributed by atoms with van der Waals surface area (Å²) >= 11 is 5.70. The molecule has 0 bridgehead atoms. The number of carbonyl (C=O) groups is 4. The molecule has 1 aliphatic heterocycles. The highest BCUT2D eigenvalue weighted by molar-refractivity contribution is 7.34. The van der Waals surface area contributed by atoms with Crippen molar-refractivity contribution in [2.75, 3.05) is 0 Å². The van der Waals surface area contributed by atoms with Crippen LogP contribution in [0.3, 0.4) is 0 Å². The van der Waals surface area contributed by atoms with Gasteiger partial charge in [-0.25, -0.2) is 9.97 Å². The number of allylic oxidation sites excluding steroid dienone is 2. The van der Waals surface area contributed by atoms with Crippen LogP contribution in [0.5, 0.6) is 5.75 Å². The number of aromatic nitrogens is 2. The van der Waals surface area contributed by atoms with Crippen molar-refractivity contribution in [2.45, 2.75) is 37.7 Å². The van der Waals surface area contributed by atoms with E-state index in [0.717, 1.165) is 61.7 Å². The minimum Gasteiger partial charge on any atom is -0.479 e. The molecule has 0 saturated heterocycles. The fourth-order valence-electron chi connectivity index (χ4n) is 7.86. The molecule has 15 heteroatoms. The van der Waals surface area contributed by atoms with Crippen LogP contribution in [0.25, 0.3) is 41.0 Å². The Labute approximate surface area is 325 Å². The second kappa shape index (κ2) is 11.8. The first-order chi connectivity index (χ1) is 26.7. The molecular formula is C40H16N6O5S4. The van der Waals surface area contributed by atoms with Crippen molar-refractivity contribution >= 4 is 99.7 Å². The van der Waals surface area contributed by atoms with Gasteiger partial charge in [0.25, 0.3) is 0 Å². The Kier molecular flexibility index (Phi) is 7.09. The Bertz CT molecular complexity index is 3030. The van der Waals surface area contributed by atoms with Crippen molar-refractivity contribution in [3.05, 3.63) is 95.5 Å². The predicted molar refractivity (Wildman–Crippen MR) is 204 cm³/mol. The lowest BCUT2D eigenvalue weighted by atomic mass is 9.78. The zero-order valence-corrected chi connectivity index (χ0v) is 31.1. The van der Waals surface area contributed by atoms with E-state index in [4.69, 9.17) is 14.7 Å². The van der Waals surface area contributed by atoms with Crippen molar-refractivity contribution in [2.24, 2.45) is 0 Å². The number of ketones is 4. The second-order valence-corrected chi connectivity index (χ2v) is 17.4. The average molecular weight is 789 g/mol. The van der Waals surface area contributed by atoms with E-state index < -0.39 is 28.7 Å². The van der Waals surface area contributed by atoms with Crippen LogP contribution in [0, 0.1) is 45.3 Å². The van der Waals surface area contributed by atoms with E-state index >= 15 is 0 Å². The fraction of sp³-hybridized carbons (Fsp3) is 0.150. The highest BCUT2D eigenvalue weighted by Crippen LogP contribution is 2.62. The Balaban J connectivity index is 1.04. The third-order valence-corrected chi connectivity index (χ3v) is 15.0. The minimum absolute atomic E-state index is 0.0342. The molecule has 0 atom stereocenters. The van der Waals surface area contributed by atoms with Crippen LogP contribution in [0.15, 0.2) is 35.4 Å². The lowest BCUT2D eigenvalue weighted by Crippen LogP contribution is -2.37. The first-order valence-electron chi connectivity index (χ1n) is 16.8. The number of thiazole rings is 2. The minimum atomic E-state index is -0.640. The topological polar surface area (TPSA) is 198 Å². The summed E-state index contributed by atoms with van der Waals surface area (Å²) in [5.74, 6) is -1.33. The maximum Gasteiger partial charge on any atom is 0.197 e. The third-order valence-electron chi connectivity index (χ3n) is 10.4. The summed E-state index contributed by atoms with van der Waals surface area (Å²) < 4.78 is 8.81. The molecule has 3 aliphatic carbocycles. The van der Waals surface area contributed by atoms with Gasteiger partial charge in [0.05, 0.1) is 47.9 Å². The Morgan fingerprint density at radius 3 is 1.45 bits per heavy atom. The molecule has 260 valence electrons. The van der Waals surface area contributed by atoms with Crippen LogP contribution < -0.4 is 4.74 Å². The van der Waals surface area contributed by atoms with Gasteiger partial charge in [0, 0.05) is 27.8 Å². The molecular weight excluding hydrogens is 773 g/mol. The first-order valence-corrected chi connectivity index (χ1v) is 20.1. The van der Waals surface area contributed by atoms with Crippen LogP contribution in [-0.2, 0) is 5.60 Å². The molecule has 55 heavy (non-hydrogen) atoms. The second-order valence-electron chi connectivity index (χ2n) is 13.4. The monoisotopic (exact) mass is 788 g/mol. The number of ether oxygens (including phenoxy) is 1. The Hall–Kier alpha value is -6.46. The molecule has 1 fully saturated rings. The number of carbonyl (C=O) groups excluding carboxylic acids is 4. The molecule has 10 rings (SSSR count). The van der Waals surface area contributed by atoms with E-state index in [1.165, 1.54) is 81.8 Å².